The lowest BCUT2D eigenvalue weighted by Crippen LogP contribution is -2.39. The molecule has 4 rings (SSSR count). The van der Waals surface area contributed by atoms with E-state index in [-0.39, 0.29) is 5.91 Å². The summed E-state index contributed by atoms with van der Waals surface area (Å²) >= 11 is 0. The first kappa shape index (κ1) is 21.7. The highest BCUT2D eigenvalue weighted by atomic mass is 16.5. The molecular formula is C28H25N3O2. The van der Waals surface area contributed by atoms with Crippen LogP contribution in [0.2, 0.25) is 0 Å². The first-order chi connectivity index (χ1) is 16.2. The molecule has 33 heavy (non-hydrogen) atoms. The molecule has 5 nitrogen and oxygen atoms in total. The maximum absolute atomic E-state index is 12.8. The van der Waals surface area contributed by atoms with Crippen LogP contribution in [0.1, 0.15) is 21.5 Å². The summed E-state index contributed by atoms with van der Waals surface area (Å²) in [6.07, 6.45) is 0. The van der Waals surface area contributed by atoms with E-state index in [2.05, 4.69) is 16.2 Å². The van der Waals surface area contributed by atoms with Crippen molar-refractivity contribution in [1.82, 2.24) is 10.9 Å². The van der Waals surface area contributed by atoms with Crippen molar-refractivity contribution < 1.29 is 9.53 Å². The van der Waals surface area contributed by atoms with Crippen molar-refractivity contribution in [2.45, 2.75) is 0 Å². The molecule has 0 unspecified atom stereocenters. The third-order valence-electron chi connectivity index (χ3n) is 5.07. The molecule has 0 aliphatic heterocycles. The lowest BCUT2D eigenvalue weighted by Gasteiger charge is -2.20. The minimum absolute atomic E-state index is 0.259. The van der Waals surface area contributed by atoms with Gasteiger partial charge < -0.3 is 10.1 Å². The fourth-order valence-electron chi connectivity index (χ4n) is 3.42. The molecule has 0 radical (unpaired) electrons. The summed E-state index contributed by atoms with van der Waals surface area (Å²) in [7, 11) is 1.59. The number of hydrogen-bond acceptors (Lipinski definition) is 4. The average molecular weight is 436 g/mol. The first-order valence-electron chi connectivity index (χ1n) is 10.6. The van der Waals surface area contributed by atoms with Crippen molar-refractivity contribution in [3.8, 4) is 5.75 Å². The lowest BCUT2D eigenvalue weighted by atomic mass is 9.97. The number of ether oxygens (including phenoxy) is 1. The fourth-order valence-corrected chi connectivity index (χ4v) is 3.42. The summed E-state index contributed by atoms with van der Waals surface area (Å²) in [5.41, 5.74) is 10.3. The summed E-state index contributed by atoms with van der Waals surface area (Å²) in [4.78, 5) is 12.8. The smallest absolute Gasteiger partial charge is 0.269 e. The van der Waals surface area contributed by atoms with Gasteiger partial charge in [0.25, 0.3) is 5.91 Å². The average Bonchev–Trinajstić information content (AvgIpc) is 2.89. The predicted molar refractivity (Wildman–Crippen MR) is 133 cm³/mol. The van der Waals surface area contributed by atoms with Gasteiger partial charge in [0.05, 0.1) is 7.11 Å². The summed E-state index contributed by atoms with van der Waals surface area (Å²) in [6, 6.07) is 36.9. The van der Waals surface area contributed by atoms with Crippen molar-refractivity contribution in [3.63, 3.8) is 0 Å². The quantitative estimate of drug-likeness (QED) is 0.322. The lowest BCUT2D eigenvalue weighted by molar-refractivity contribution is 0.0939. The van der Waals surface area contributed by atoms with Gasteiger partial charge >= 0.3 is 0 Å². The van der Waals surface area contributed by atoms with Gasteiger partial charge in [-0.3, -0.25) is 15.6 Å². The highest BCUT2D eigenvalue weighted by Crippen LogP contribution is 2.26. The number of nitrogens with one attached hydrogen (secondary N) is 3. The summed E-state index contributed by atoms with van der Waals surface area (Å²) in [5, 5.41) is 3.43. The normalized spacial score (nSPS) is 10.1. The molecule has 0 atom stereocenters. The van der Waals surface area contributed by atoms with Gasteiger partial charge in [-0.05, 0) is 47.5 Å². The fraction of sp³-hybridized carbons (Fsp3) is 0.0357. The number of amides is 1. The van der Waals surface area contributed by atoms with E-state index in [1.54, 1.807) is 31.4 Å². The van der Waals surface area contributed by atoms with Gasteiger partial charge in [-0.25, -0.2) is 0 Å². The Morgan fingerprint density at radius 3 is 1.64 bits per heavy atom. The van der Waals surface area contributed by atoms with E-state index < -0.39 is 0 Å². The predicted octanol–water partition coefficient (Wildman–Crippen LogP) is 5.46. The highest BCUT2D eigenvalue weighted by molar-refractivity contribution is 5.94. The van der Waals surface area contributed by atoms with Gasteiger partial charge in [-0.2, -0.15) is 0 Å². The largest absolute Gasteiger partial charge is 0.497 e. The van der Waals surface area contributed by atoms with Crippen molar-refractivity contribution in [2.24, 2.45) is 0 Å². The van der Waals surface area contributed by atoms with Crippen LogP contribution < -0.4 is 20.9 Å². The Balaban J connectivity index is 1.72. The molecule has 5 heteroatoms. The van der Waals surface area contributed by atoms with Gasteiger partial charge in [-0.15, -0.1) is 0 Å². The second-order valence-corrected chi connectivity index (χ2v) is 7.28. The van der Waals surface area contributed by atoms with E-state index in [9.17, 15) is 4.79 Å². The second kappa shape index (κ2) is 10.7. The molecule has 1 amide bonds. The Morgan fingerprint density at radius 2 is 1.12 bits per heavy atom. The topological polar surface area (TPSA) is 62.4 Å². The van der Waals surface area contributed by atoms with Crippen LogP contribution in [-0.2, 0) is 0 Å². The molecule has 4 aromatic rings. The van der Waals surface area contributed by atoms with Gasteiger partial charge in [0.15, 0.2) is 0 Å². The van der Waals surface area contributed by atoms with Gasteiger partial charge in [0, 0.05) is 16.8 Å². The van der Waals surface area contributed by atoms with Gasteiger partial charge in [-0.1, -0.05) is 78.9 Å². The molecule has 3 N–H and O–H groups in total. The Kier molecular flexibility index (Phi) is 7.03. The standard InChI is InChI=1S/C28H25N3O2/c1-33-25-19-17-23(18-20-25)28(32)31-30-27(29-24-15-9-4-10-16-24)26(21-11-5-2-6-12-21)22-13-7-3-8-14-22/h2-20,29-30H,1H3,(H,31,32). The minimum atomic E-state index is -0.259. The maximum Gasteiger partial charge on any atom is 0.269 e. The number of methoxy groups -OCH3 is 1. The third-order valence-corrected chi connectivity index (χ3v) is 5.07. The van der Waals surface area contributed by atoms with E-state index in [4.69, 9.17) is 4.74 Å². The molecule has 0 aliphatic carbocycles. The molecule has 0 heterocycles. The molecule has 0 saturated heterocycles. The number of carbonyl (C=O) groups is 1. The first-order valence-corrected chi connectivity index (χ1v) is 10.6. The molecule has 0 bridgehead atoms. The van der Waals surface area contributed by atoms with Crippen molar-refractivity contribution in [1.29, 1.82) is 0 Å². The summed E-state index contributed by atoms with van der Waals surface area (Å²) in [5.74, 6) is 1.09. The SMILES string of the molecule is COc1ccc(C(=O)NNC(Nc2ccccc2)=C(c2ccccc2)c2ccccc2)cc1. The van der Waals surface area contributed by atoms with E-state index >= 15 is 0 Å². The summed E-state index contributed by atoms with van der Waals surface area (Å²) < 4.78 is 5.18. The molecule has 0 aromatic heterocycles. The van der Waals surface area contributed by atoms with Crippen LogP contribution in [0.15, 0.2) is 121 Å². The third kappa shape index (κ3) is 5.60. The Hall–Kier alpha value is -4.51. The Bertz CT molecular complexity index is 1170. The van der Waals surface area contributed by atoms with Crippen molar-refractivity contribution in [3.05, 3.63) is 138 Å². The maximum atomic E-state index is 12.8. The number of hydrogen-bond donors (Lipinski definition) is 3. The van der Waals surface area contributed by atoms with Gasteiger partial charge in [0.2, 0.25) is 0 Å². The van der Waals surface area contributed by atoms with Crippen LogP contribution in [0.5, 0.6) is 5.75 Å². The number of anilines is 1. The number of rotatable bonds is 8. The van der Waals surface area contributed by atoms with E-state index in [1.165, 1.54) is 0 Å². The number of hydrazine groups is 1. The van der Waals surface area contributed by atoms with Crippen LogP contribution >= 0.6 is 0 Å². The zero-order chi connectivity index (χ0) is 22.9. The molecule has 0 saturated carbocycles. The molecular weight excluding hydrogens is 410 g/mol. The zero-order valence-electron chi connectivity index (χ0n) is 18.3. The van der Waals surface area contributed by atoms with E-state index in [0.717, 1.165) is 22.4 Å². The molecule has 0 spiro atoms. The number of carbonyl (C=O) groups excluding carboxylic acids is 1. The number of benzene rings is 4. The zero-order valence-corrected chi connectivity index (χ0v) is 18.3. The number of para-hydroxylation sites is 1. The second-order valence-electron chi connectivity index (χ2n) is 7.28. The molecule has 164 valence electrons. The van der Waals surface area contributed by atoms with Crippen LogP contribution in [-0.4, -0.2) is 13.0 Å². The molecule has 0 aliphatic rings. The van der Waals surface area contributed by atoms with Gasteiger partial charge in [0.1, 0.15) is 11.6 Å². The Labute approximate surface area is 193 Å². The molecule has 4 aromatic carbocycles. The van der Waals surface area contributed by atoms with E-state index in [0.29, 0.717) is 17.1 Å². The van der Waals surface area contributed by atoms with Crippen molar-refractivity contribution >= 4 is 17.2 Å². The van der Waals surface area contributed by atoms with Crippen LogP contribution in [0.25, 0.3) is 5.57 Å². The summed E-state index contributed by atoms with van der Waals surface area (Å²) in [6.45, 7) is 0. The van der Waals surface area contributed by atoms with Crippen LogP contribution in [0.3, 0.4) is 0 Å². The van der Waals surface area contributed by atoms with E-state index in [1.807, 2.05) is 91.0 Å². The monoisotopic (exact) mass is 435 g/mol. The Morgan fingerprint density at radius 1 is 0.606 bits per heavy atom. The molecule has 0 fully saturated rings. The highest BCUT2D eigenvalue weighted by Gasteiger charge is 2.14. The van der Waals surface area contributed by atoms with Crippen LogP contribution in [0.4, 0.5) is 5.69 Å². The van der Waals surface area contributed by atoms with Crippen molar-refractivity contribution in [2.75, 3.05) is 12.4 Å². The van der Waals surface area contributed by atoms with Crippen LogP contribution in [0, 0.1) is 0 Å². The minimum Gasteiger partial charge on any atom is -0.497 e.